The van der Waals surface area contributed by atoms with Gasteiger partial charge in [0.25, 0.3) is 5.91 Å². The van der Waals surface area contributed by atoms with Gasteiger partial charge in [0.2, 0.25) is 0 Å². The van der Waals surface area contributed by atoms with E-state index in [0.29, 0.717) is 11.3 Å². The van der Waals surface area contributed by atoms with Crippen molar-refractivity contribution in [1.29, 1.82) is 0 Å². The van der Waals surface area contributed by atoms with E-state index in [2.05, 4.69) is 32.4 Å². The Hall–Kier alpha value is -2.73. The first-order chi connectivity index (χ1) is 13.6. The molecule has 0 aromatic heterocycles. The van der Waals surface area contributed by atoms with Crippen LogP contribution in [0.2, 0.25) is 5.02 Å². The van der Waals surface area contributed by atoms with Gasteiger partial charge in [-0.25, -0.2) is 0 Å². The van der Waals surface area contributed by atoms with Crippen LogP contribution in [0.4, 0.5) is 5.69 Å². The highest BCUT2D eigenvalue weighted by Gasteiger charge is 2.23. The lowest BCUT2D eigenvalue weighted by molar-refractivity contribution is 0.0906. The molecule has 0 unspecified atom stereocenters. The normalized spacial score (nSPS) is 14.9. The molecule has 1 aliphatic rings. The smallest absolute Gasteiger partial charge is 0.255 e. The average Bonchev–Trinajstić information content (AvgIpc) is 2.71. The molecule has 8 heteroatoms. The van der Waals surface area contributed by atoms with Crippen LogP contribution < -0.4 is 10.1 Å². The van der Waals surface area contributed by atoms with Crippen LogP contribution >= 0.6 is 11.6 Å². The molecular weight excluding hydrogens is 378 g/mol. The van der Waals surface area contributed by atoms with Crippen LogP contribution in [0.25, 0.3) is 10.4 Å². The van der Waals surface area contributed by atoms with Gasteiger partial charge in [0, 0.05) is 30.6 Å². The monoisotopic (exact) mass is 399 g/mol. The molecule has 0 radical (unpaired) electrons. The van der Waals surface area contributed by atoms with E-state index in [1.165, 1.54) is 24.8 Å². The fourth-order valence-corrected chi connectivity index (χ4v) is 3.56. The number of hydrogen-bond donors (Lipinski definition) is 1. The zero-order chi connectivity index (χ0) is 19.9. The predicted octanol–water partition coefficient (Wildman–Crippen LogP) is 4.68. The number of benzene rings is 2. The molecule has 1 aliphatic heterocycles. The minimum absolute atomic E-state index is 0.0970. The first-order valence-electron chi connectivity index (χ1n) is 9.10. The first kappa shape index (κ1) is 20.0. The lowest BCUT2D eigenvalue weighted by Gasteiger charge is -2.32. The van der Waals surface area contributed by atoms with Gasteiger partial charge < -0.3 is 10.1 Å². The van der Waals surface area contributed by atoms with Gasteiger partial charge in [-0.2, -0.15) is 0 Å². The maximum Gasteiger partial charge on any atom is 0.255 e. The molecule has 0 saturated carbocycles. The average molecular weight is 400 g/mol. The molecule has 1 fully saturated rings. The molecule has 2 aromatic carbocycles. The van der Waals surface area contributed by atoms with Crippen molar-refractivity contribution in [3.8, 4) is 5.75 Å². The van der Waals surface area contributed by atoms with Crippen LogP contribution in [0.3, 0.4) is 0 Å². The Morgan fingerprint density at radius 2 is 2.04 bits per heavy atom. The summed E-state index contributed by atoms with van der Waals surface area (Å²) >= 11 is 6.11. The lowest BCUT2D eigenvalue weighted by atomic mass is 10.0. The van der Waals surface area contributed by atoms with E-state index < -0.39 is 0 Å². The van der Waals surface area contributed by atoms with Crippen molar-refractivity contribution < 1.29 is 9.53 Å². The van der Waals surface area contributed by atoms with Crippen molar-refractivity contribution in [3.05, 3.63) is 69.1 Å². The molecule has 28 heavy (non-hydrogen) atoms. The number of nitrogens with zero attached hydrogens (tertiary/aromatic N) is 4. The van der Waals surface area contributed by atoms with Crippen LogP contribution in [0, 0.1) is 0 Å². The van der Waals surface area contributed by atoms with Crippen LogP contribution in [0.15, 0.2) is 47.6 Å². The summed E-state index contributed by atoms with van der Waals surface area (Å²) < 4.78 is 5.27. The van der Waals surface area contributed by atoms with E-state index in [4.69, 9.17) is 21.9 Å². The molecule has 7 nitrogen and oxygen atoms in total. The maximum atomic E-state index is 12.7. The Balaban J connectivity index is 1.60. The largest absolute Gasteiger partial charge is 0.496 e. The Bertz CT molecular complexity index is 876. The van der Waals surface area contributed by atoms with Gasteiger partial charge in [0.1, 0.15) is 5.75 Å². The molecule has 0 aliphatic carbocycles. The second kappa shape index (κ2) is 9.46. The summed E-state index contributed by atoms with van der Waals surface area (Å²) in [4.78, 5) is 17.8. The SMILES string of the molecule is COc1cc(N=[N+]=[N-])c(Cl)cc1C(=O)NC1CCN(Cc2ccccc2)CC1. The second-order valence-electron chi connectivity index (χ2n) is 6.70. The molecule has 1 saturated heterocycles. The number of hydrogen-bond acceptors (Lipinski definition) is 4. The van der Waals surface area contributed by atoms with Crippen molar-refractivity contribution in [2.75, 3.05) is 20.2 Å². The molecule has 0 spiro atoms. The molecule has 1 N–H and O–H groups in total. The summed E-state index contributed by atoms with van der Waals surface area (Å²) in [5.41, 5.74) is 10.4. The molecule has 0 bridgehead atoms. The number of azide groups is 1. The number of ether oxygens (including phenoxy) is 1. The molecular formula is C20H22ClN5O2. The molecule has 0 atom stereocenters. The van der Waals surface area contributed by atoms with Crippen molar-refractivity contribution >= 4 is 23.2 Å². The van der Waals surface area contributed by atoms with E-state index in [1.807, 2.05) is 18.2 Å². The number of halogens is 1. The first-order valence-corrected chi connectivity index (χ1v) is 9.48. The van der Waals surface area contributed by atoms with E-state index in [1.54, 1.807) is 0 Å². The molecule has 1 amide bonds. The van der Waals surface area contributed by atoms with Crippen molar-refractivity contribution in [2.45, 2.75) is 25.4 Å². The second-order valence-corrected chi connectivity index (χ2v) is 7.11. The zero-order valence-electron chi connectivity index (χ0n) is 15.6. The van der Waals surface area contributed by atoms with Crippen LogP contribution in [0.5, 0.6) is 5.75 Å². The van der Waals surface area contributed by atoms with Gasteiger partial charge in [-0.3, -0.25) is 9.69 Å². The summed E-state index contributed by atoms with van der Waals surface area (Å²) in [7, 11) is 1.46. The predicted molar refractivity (Wildman–Crippen MR) is 109 cm³/mol. The van der Waals surface area contributed by atoms with Gasteiger partial charge in [0.15, 0.2) is 0 Å². The Morgan fingerprint density at radius 3 is 2.68 bits per heavy atom. The Labute approximate surface area is 168 Å². The van der Waals surface area contributed by atoms with E-state index in [0.717, 1.165) is 32.5 Å². The van der Waals surface area contributed by atoms with Crippen LogP contribution in [-0.2, 0) is 6.54 Å². The molecule has 1 heterocycles. The van der Waals surface area contributed by atoms with Crippen LogP contribution in [-0.4, -0.2) is 37.0 Å². The van der Waals surface area contributed by atoms with Crippen LogP contribution in [0.1, 0.15) is 28.8 Å². The number of nitrogens with one attached hydrogen (secondary N) is 1. The number of methoxy groups -OCH3 is 1. The third-order valence-electron chi connectivity index (χ3n) is 4.84. The number of piperidine rings is 1. The summed E-state index contributed by atoms with van der Waals surface area (Å²) in [6.07, 6.45) is 1.76. The fourth-order valence-electron chi connectivity index (χ4n) is 3.35. The van der Waals surface area contributed by atoms with Gasteiger partial charge in [-0.1, -0.05) is 47.0 Å². The van der Waals surface area contributed by atoms with Gasteiger partial charge in [0.05, 0.1) is 23.4 Å². The minimum atomic E-state index is -0.243. The van der Waals surface area contributed by atoms with Crippen molar-refractivity contribution in [3.63, 3.8) is 0 Å². The molecule has 3 rings (SSSR count). The summed E-state index contributed by atoms with van der Waals surface area (Å²) in [5, 5.41) is 6.78. The van der Waals surface area contributed by atoms with E-state index in [-0.39, 0.29) is 22.7 Å². The standard InChI is InChI=1S/C20H22ClN5O2/c1-28-19-12-18(24-25-22)17(21)11-16(19)20(27)23-15-7-9-26(10-8-15)13-14-5-3-2-4-6-14/h2-6,11-12,15H,7-10,13H2,1H3,(H,23,27). The fraction of sp³-hybridized carbons (Fsp3) is 0.350. The number of likely N-dealkylation sites (tertiary alicyclic amines) is 1. The van der Waals surface area contributed by atoms with Crippen molar-refractivity contribution in [2.24, 2.45) is 5.11 Å². The molecule has 2 aromatic rings. The lowest BCUT2D eigenvalue weighted by Crippen LogP contribution is -2.44. The van der Waals surface area contributed by atoms with Gasteiger partial charge in [-0.15, -0.1) is 0 Å². The Morgan fingerprint density at radius 1 is 1.32 bits per heavy atom. The van der Waals surface area contributed by atoms with Gasteiger partial charge >= 0.3 is 0 Å². The summed E-state index contributed by atoms with van der Waals surface area (Å²) in [6.45, 7) is 2.77. The van der Waals surface area contributed by atoms with E-state index in [9.17, 15) is 4.79 Å². The van der Waals surface area contributed by atoms with Gasteiger partial charge in [-0.05, 0) is 36.1 Å². The van der Waals surface area contributed by atoms with E-state index >= 15 is 0 Å². The third kappa shape index (κ3) is 4.95. The summed E-state index contributed by atoms with van der Waals surface area (Å²) in [6, 6.07) is 13.4. The zero-order valence-corrected chi connectivity index (χ0v) is 16.4. The highest BCUT2D eigenvalue weighted by molar-refractivity contribution is 6.33. The minimum Gasteiger partial charge on any atom is -0.496 e. The number of carbonyl (C=O) groups excluding carboxylic acids is 1. The number of amides is 1. The molecule has 146 valence electrons. The quantitative estimate of drug-likeness (QED) is 0.434. The van der Waals surface area contributed by atoms with Crippen molar-refractivity contribution in [1.82, 2.24) is 10.2 Å². The topological polar surface area (TPSA) is 90.3 Å². The Kier molecular flexibility index (Phi) is 6.76. The summed E-state index contributed by atoms with van der Waals surface area (Å²) in [5.74, 6) is 0.0820. The highest BCUT2D eigenvalue weighted by atomic mass is 35.5. The number of carbonyl (C=O) groups is 1. The maximum absolute atomic E-state index is 12.7. The highest BCUT2D eigenvalue weighted by Crippen LogP contribution is 2.33. The number of rotatable bonds is 6. The third-order valence-corrected chi connectivity index (χ3v) is 5.14.